The molecule has 0 heterocycles. The molecule has 2 amide bonds. The molecule has 1 rings (SSSR count). The average Bonchev–Trinajstić information content (AvgIpc) is 2.34. The number of hydrogen-bond acceptors (Lipinski definition) is 2. The van der Waals surface area contributed by atoms with E-state index >= 15 is 0 Å². The molecule has 0 aliphatic carbocycles. The van der Waals surface area contributed by atoms with Crippen molar-refractivity contribution in [3.63, 3.8) is 0 Å². The second kappa shape index (κ2) is 6.98. The lowest BCUT2D eigenvalue weighted by Crippen LogP contribution is -2.88. The van der Waals surface area contributed by atoms with Crippen molar-refractivity contribution in [2.75, 3.05) is 25.5 Å². The van der Waals surface area contributed by atoms with Crippen molar-refractivity contribution in [2.45, 2.75) is 6.92 Å². The molecule has 98 valence electrons. The topological polar surface area (TPSA) is 74.8 Å². The number of likely N-dealkylation sites (N-methyl/N-ethyl adjacent to an activating group) is 1. The van der Waals surface area contributed by atoms with Crippen LogP contribution in [0.2, 0.25) is 5.02 Å². The Balaban J connectivity index is 2.45. The Hall–Kier alpha value is -1.59. The molecule has 4 N–H and O–H groups in total. The Morgan fingerprint density at radius 2 is 1.94 bits per heavy atom. The first-order chi connectivity index (χ1) is 8.54. The summed E-state index contributed by atoms with van der Waals surface area (Å²) in [6.45, 7) is 2.27. The summed E-state index contributed by atoms with van der Waals surface area (Å²) in [4.78, 5) is 22.6. The summed E-state index contributed by atoms with van der Waals surface area (Å²) in [6.07, 6.45) is 0. The van der Waals surface area contributed by atoms with Gasteiger partial charge in [-0.25, -0.2) is 0 Å². The minimum Gasteiger partial charge on any atom is -0.354 e. The van der Waals surface area contributed by atoms with Gasteiger partial charge in [-0.1, -0.05) is 17.7 Å². The second-order valence-electron chi connectivity index (χ2n) is 3.83. The normalized spacial score (nSPS) is 9.94. The second-order valence-corrected chi connectivity index (χ2v) is 4.24. The predicted molar refractivity (Wildman–Crippen MR) is 70.5 cm³/mol. The quantitative estimate of drug-likeness (QED) is 0.699. The van der Waals surface area contributed by atoms with Crippen LogP contribution in [0.4, 0.5) is 5.69 Å². The Morgan fingerprint density at radius 1 is 1.28 bits per heavy atom. The highest BCUT2D eigenvalue weighted by molar-refractivity contribution is 6.31. The van der Waals surface area contributed by atoms with Gasteiger partial charge in [0.25, 0.3) is 11.8 Å². The maximum Gasteiger partial charge on any atom is 0.279 e. The van der Waals surface area contributed by atoms with E-state index in [0.29, 0.717) is 10.7 Å². The summed E-state index contributed by atoms with van der Waals surface area (Å²) in [5, 5.41) is 7.49. The minimum atomic E-state index is -0.163. The zero-order valence-electron chi connectivity index (χ0n) is 10.4. The number of quaternary nitrogens is 1. The monoisotopic (exact) mass is 270 g/mol. The van der Waals surface area contributed by atoms with Crippen LogP contribution in [0.3, 0.4) is 0 Å². The molecule has 0 aliphatic rings. The first kappa shape index (κ1) is 14.5. The van der Waals surface area contributed by atoms with Crippen LogP contribution < -0.4 is 16.0 Å². The van der Waals surface area contributed by atoms with Crippen LogP contribution in [-0.4, -0.2) is 32.0 Å². The van der Waals surface area contributed by atoms with Gasteiger partial charge in [0.1, 0.15) is 0 Å². The van der Waals surface area contributed by atoms with Gasteiger partial charge >= 0.3 is 0 Å². The largest absolute Gasteiger partial charge is 0.354 e. The molecule has 0 atom stereocenters. The van der Waals surface area contributed by atoms with Crippen molar-refractivity contribution in [2.24, 2.45) is 0 Å². The summed E-state index contributed by atoms with van der Waals surface area (Å²) >= 11 is 5.95. The average molecular weight is 271 g/mol. The highest BCUT2D eigenvalue weighted by Gasteiger charge is 2.09. The maximum absolute atomic E-state index is 11.6. The smallest absolute Gasteiger partial charge is 0.279 e. The fourth-order valence-corrected chi connectivity index (χ4v) is 1.56. The Morgan fingerprint density at radius 3 is 2.61 bits per heavy atom. The predicted octanol–water partition coefficient (Wildman–Crippen LogP) is -0.104. The molecule has 0 saturated carbocycles. The molecule has 0 aliphatic heterocycles. The fraction of sp³-hybridized carbons (Fsp3) is 0.333. The van der Waals surface area contributed by atoms with E-state index in [2.05, 4.69) is 10.6 Å². The molecule has 6 heteroatoms. The van der Waals surface area contributed by atoms with E-state index in [-0.39, 0.29) is 24.9 Å². The highest BCUT2D eigenvalue weighted by atomic mass is 35.5. The molecule has 5 nitrogen and oxygen atoms in total. The van der Waals surface area contributed by atoms with Gasteiger partial charge in [-0.15, -0.1) is 0 Å². The number of amides is 2. The summed E-state index contributed by atoms with van der Waals surface area (Å²) in [5.41, 5.74) is 1.53. The molecule has 0 saturated heterocycles. The highest BCUT2D eigenvalue weighted by Crippen LogP contribution is 2.22. The van der Waals surface area contributed by atoms with Crippen LogP contribution in [0.5, 0.6) is 0 Å². The lowest BCUT2D eigenvalue weighted by molar-refractivity contribution is -0.632. The third-order valence-corrected chi connectivity index (χ3v) is 2.89. The van der Waals surface area contributed by atoms with E-state index in [4.69, 9.17) is 11.6 Å². The number of benzene rings is 1. The van der Waals surface area contributed by atoms with Crippen molar-refractivity contribution in [1.29, 1.82) is 0 Å². The van der Waals surface area contributed by atoms with Gasteiger partial charge in [0.05, 0.1) is 0 Å². The number of rotatable bonds is 5. The third kappa shape index (κ3) is 4.35. The fourth-order valence-electron chi connectivity index (χ4n) is 1.38. The SMILES string of the molecule is CNC(=O)C[NH2+]CC(=O)Nc1cccc(Cl)c1C. The van der Waals surface area contributed by atoms with E-state index in [1.165, 1.54) is 0 Å². The standard InChI is InChI=1S/C12H16ClN3O2/c1-8-9(13)4-3-5-10(8)16-12(18)7-15-6-11(17)14-2/h3-5,15H,6-7H2,1-2H3,(H,14,17)(H,16,18)/p+1. The lowest BCUT2D eigenvalue weighted by atomic mass is 10.2. The van der Waals surface area contributed by atoms with Crippen molar-refractivity contribution in [3.8, 4) is 0 Å². The maximum atomic E-state index is 11.6. The van der Waals surface area contributed by atoms with Crippen molar-refractivity contribution in [3.05, 3.63) is 28.8 Å². The molecule has 0 aromatic heterocycles. The molecular weight excluding hydrogens is 254 g/mol. The molecule has 1 aromatic carbocycles. The molecule has 0 bridgehead atoms. The van der Waals surface area contributed by atoms with Gasteiger partial charge in [-0.3, -0.25) is 9.59 Å². The van der Waals surface area contributed by atoms with Crippen LogP contribution in [-0.2, 0) is 9.59 Å². The molecule has 0 fully saturated rings. The molecule has 0 spiro atoms. The number of carbonyl (C=O) groups excluding carboxylic acids is 2. The van der Waals surface area contributed by atoms with Gasteiger partial charge in [-0.05, 0) is 24.6 Å². The summed E-state index contributed by atoms with van der Waals surface area (Å²) in [6, 6.07) is 5.33. The number of nitrogens with one attached hydrogen (secondary N) is 2. The number of anilines is 1. The van der Waals surface area contributed by atoms with Crippen LogP contribution in [0.25, 0.3) is 0 Å². The first-order valence-electron chi connectivity index (χ1n) is 5.61. The molecule has 1 aromatic rings. The number of nitrogens with two attached hydrogens (primary N) is 1. The number of halogens is 1. The van der Waals surface area contributed by atoms with Crippen molar-refractivity contribution >= 4 is 29.1 Å². The van der Waals surface area contributed by atoms with Gasteiger partial charge in [0.2, 0.25) is 0 Å². The van der Waals surface area contributed by atoms with E-state index < -0.39 is 0 Å². The molecule has 0 radical (unpaired) electrons. The van der Waals surface area contributed by atoms with E-state index in [0.717, 1.165) is 5.56 Å². The zero-order valence-corrected chi connectivity index (χ0v) is 11.2. The molecule has 18 heavy (non-hydrogen) atoms. The number of hydrogen-bond donors (Lipinski definition) is 3. The van der Waals surface area contributed by atoms with Crippen molar-refractivity contribution < 1.29 is 14.9 Å². The Kier molecular flexibility index (Phi) is 5.61. The van der Waals surface area contributed by atoms with Gasteiger partial charge in [0, 0.05) is 17.8 Å². The molecular formula is C12H17ClN3O2+. The summed E-state index contributed by atoms with van der Waals surface area (Å²) in [7, 11) is 1.56. The van der Waals surface area contributed by atoms with Crippen LogP contribution in [0.1, 0.15) is 5.56 Å². The van der Waals surface area contributed by atoms with E-state index in [1.54, 1.807) is 30.6 Å². The van der Waals surface area contributed by atoms with Gasteiger partial charge in [0.15, 0.2) is 13.1 Å². The third-order valence-electron chi connectivity index (χ3n) is 2.48. The number of carbonyl (C=O) groups is 2. The summed E-state index contributed by atoms with van der Waals surface area (Å²) in [5.74, 6) is -0.272. The first-order valence-corrected chi connectivity index (χ1v) is 5.99. The Labute approximate surface area is 111 Å². The lowest BCUT2D eigenvalue weighted by Gasteiger charge is -2.08. The van der Waals surface area contributed by atoms with Gasteiger partial charge in [-0.2, -0.15) is 0 Å². The molecule has 0 unspecified atom stereocenters. The van der Waals surface area contributed by atoms with E-state index in [1.807, 2.05) is 6.92 Å². The Bertz CT molecular complexity index is 449. The van der Waals surface area contributed by atoms with Crippen molar-refractivity contribution in [1.82, 2.24) is 5.32 Å². The van der Waals surface area contributed by atoms with Crippen LogP contribution in [0.15, 0.2) is 18.2 Å². The minimum absolute atomic E-state index is 0.110. The zero-order chi connectivity index (χ0) is 13.5. The van der Waals surface area contributed by atoms with Crippen LogP contribution in [0, 0.1) is 6.92 Å². The van der Waals surface area contributed by atoms with Crippen LogP contribution >= 0.6 is 11.6 Å². The summed E-state index contributed by atoms with van der Waals surface area (Å²) < 4.78 is 0. The van der Waals surface area contributed by atoms with E-state index in [9.17, 15) is 9.59 Å². The van der Waals surface area contributed by atoms with Gasteiger partial charge < -0.3 is 16.0 Å².